The predicted octanol–water partition coefficient (Wildman–Crippen LogP) is 6.26. The second kappa shape index (κ2) is 9.83. The summed E-state index contributed by atoms with van der Waals surface area (Å²) in [6.07, 6.45) is 7.02. The minimum atomic E-state index is -0.363. The van der Waals surface area contributed by atoms with Crippen LogP contribution in [0.4, 0.5) is 15.8 Å². The quantitative estimate of drug-likeness (QED) is 0.244. The molecule has 5 heterocycles. The third kappa shape index (κ3) is 4.79. The first-order chi connectivity index (χ1) is 18.9. The summed E-state index contributed by atoms with van der Waals surface area (Å²) in [6, 6.07) is 12.9. The third-order valence-corrected chi connectivity index (χ3v) is 6.54. The Labute approximate surface area is 225 Å². The van der Waals surface area contributed by atoms with E-state index in [1.807, 2.05) is 49.6 Å². The van der Waals surface area contributed by atoms with Crippen LogP contribution in [0.2, 0.25) is 0 Å². The Bertz CT molecular complexity index is 1730. The lowest BCUT2D eigenvalue weighted by atomic mass is 10.00. The standard InChI is InChI=1S/C30H28FN7O/c1-16(2)35-21-8-19(13-32-14-21)26-12-25-28(15-34-26)36-17(3)37-29(25)27-11-24-23(5-6-33-30(24)38-27)18-7-20(31)10-22(9-18)39-4/h5-17,35-36H,1-4H3,(H,33,38)/t17-/m1/s1. The number of methoxy groups -OCH3 is 1. The van der Waals surface area contributed by atoms with Gasteiger partial charge >= 0.3 is 0 Å². The van der Waals surface area contributed by atoms with Crippen molar-refractivity contribution in [3.05, 3.63) is 84.3 Å². The number of rotatable bonds is 6. The van der Waals surface area contributed by atoms with Crippen molar-refractivity contribution in [2.45, 2.75) is 33.0 Å². The van der Waals surface area contributed by atoms with Gasteiger partial charge in [0.25, 0.3) is 0 Å². The van der Waals surface area contributed by atoms with Crippen LogP contribution in [0.1, 0.15) is 32.0 Å². The summed E-state index contributed by atoms with van der Waals surface area (Å²) in [6.45, 7) is 6.17. The molecule has 0 fully saturated rings. The van der Waals surface area contributed by atoms with Gasteiger partial charge in [0, 0.05) is 47.2 Å². The summed E-state index contributed by atoms with van der Waals surface area (Å²) in [4.78, 5) is 22.0. The van der Waals surface area contributed by atoms with E-state index in [2.05, 4.69) is 39.4 Å². The van der Waals surface area contributed by atoms with Gasteiger partial charge in [-0.15, -0.1) is 0 Å². The number of fused-ring (bicyclic) bond motifs is 2. The van der Waals surface area contributed by atoms with E-state index in [4.69, 9.17) is 14.7 Å². The molecule has 0 amide bonds. The van der Waals surface area contributed by atoms with Gasteiger partial charge in [-0.3, -0.25) is 15.0 Å². The number of nitrogens with one attached hydrogen (secondary N) is 3. The molecule has 0 spiro atoms. The molecule has 0 radical (unpaired) electrons. The number of ether oxygens (including phenoxy) is 1. The van der Waals surface area contributed by atoms with Crippen molar-refractivity contribution in [1.29, 1.82) is 0 Å². The molecule has 0 bridgehead atoms. The van der Waals surface area contributed by atoms with Crippen molar-refractivity contribution in [2.24, 2.45) is 4.99 Å². The van der Waals surface area contributed by atoms with Gasteiger partial charge < -0.3 is 20.4 Å². The fraction of sp³-hybridized carbons (Fsp3) is 0.200. The SMILES string of the molecule is COc1cc(F)cc(-c2ccnc3[nH]c(C4=N[C@H](C)Nc5cnc(-c6cncc(NC(C)C)c6)cc54)cc23)c1. The van der Waals surface area contributed by atoms with Gasteiger partial charge in [0.1, 0.15) is 23.4 Å². The highest BCUT2D eigenvalue weighted by atomic mass is 19.1. The lowest BCUT2D eigenvalue weighted by Gasteiger charge is -2.23. The van der Waals surface area contributed by atoms with E-state index >= 15 is 0 Å². The van der Waals surface area contributed by atoms with E-state index in [0.29, 0.717) is 17.0 Å². The second-order valence-corrected chi connectivity index (χ2v) is 9.86. The predicted molar refractivity (Wildman–Crippen MR) is 153 cm³/mol. The first-order valence-corrected chi connectivity index (χ1v) is 12.8. The van der Waals surface area contributed by atoms with Crippen molar-refractivity contribution in [2.75, 3.05) is 17.7 Å². The fourth-order valence-corrected chi connectivity index (χ4v) is 4.89. The monoisotopic (exact) mass is 521 g/mol. The van der Waals surface area contributed by atoms with Gasteiger partial charge in [-0.1, -0.05) is 0 Å². The number of anilines is 2. The molecule has 1 atom stereocenters. The first kappa shape index (κ1) is 24.5. The van der Waals surface area contributed by atoms with Gasteiger partial charge in [-0.05, 0) is 68.3 Å². The highest BCUT2D eigenvalue weighted by Gasteiger charge is 2.23. The van der Waals surface area contributed by atoms with E-state index in [0.717, 1.165) is 50.6 Å². The smallest absolute Gasteiger partial charge is 0.138 e. The Morgan fingerprint density at radius 3 is 2.67 bits per heavy atom. The minimum absolute atomic E-state index is 0.147. The lowest BCUT2D eigenvalue weighted by Crippen LogP contribution is -2.24. The number of aromatic amines is 1. The Hall–Kier alpha value is -4.79. The van der Waals surface area contributed by atoms with Crippen molar-refractivity contribution in [3.8, 4) is 28.1 Å². The maximum Gasteiger partial charge on any atom is 0.138 e. The van der Waals surface area contributed by atoms with Crippen LogP contribution in [-0.2, 0) is 0 Å². The number of aromatic nitrogens is 4. The van der Waals surface area contributed by atoms with Gasteiger partial charge in [-0.25, -0.2) is 9.37 Å². The summed E-state index contributed by atoms with van der Waals surface area (Å²) in [5.41, 5.74) is 8.29. The molecule has 1 aromatic carbocycles. The highest BCUT2D eigenvalue weighted by Crippen LogP contribution is 2.34. The zero-order valence-electron chi connectivity index (χ0n) is 22.1. The van der Waals surface area contributed by atoms with E-state index in [-0.39, 0.29) is 18.0 Å². The van der Waals surface area contributed by atoms with Crippen LogP contribution < -0.4 is 15.4 Å². The van der Waals surface area contributed by atoms with E-state index in [1.165, 1.54) is 19.2 Å². The topological polar surface area (TPSA) is 100 Å². The highest BCUT2D eigenvalue weighted by molar-refractivity contribution is 6.18. The van der Waals surface area contributed by atoms with Crippen molar-refractivity contribution in [3.63, 3.8) is 0 Å². The van der Waals surface area contributed by atoms with Crippen LogP contribution in [0, 0.1) is 5.82 Å². The molecule has 0 unspecified atom stereocenters. The molecule has 0 saturated heterocycles. The summed E-state index contributed by atoms with van der Waals surface area (Å²) >= 11 is 0. The van der Waals surface area contributed by atoms with Crippen molar-refractivity contribution in [1.82, 2.24) is 19.9 Å². The number of hydrogen-bond acceptors (Lipinski definition) is 7. The Kier molecular flexibility index (Phi) is 6.18. The van der Waals surface area contributed by atoms with Crippen molar-refractivity contribution < 1.29 is 9.13 Å². The number of benzene rings is 1. The molecular weight excluding hydrogens is 493 g/mol. The number of pyridine rings is 3. The normalized spacial score (nSPS) is 14.6. The summed E-state index contributed by atoms with van der Waals surface area (Å²) in [5.74, 6) is 0.0936. The number of nitrogens with zero attached hydrogens (tertiary/aromatic N) is 4. The van der Waals surface area contributed by atoms with Gasteiger partial charge in [-0.2, -0.15) is 0 Å². The molecule has 1 aliphatic rings. The number of H-pyrrole nitrogens is 1. The second-order valence-electron chi connectivity index (χ2n) is 9.86. The van der Waals surface area contributed by atoms with Crippen LogP contribution in [0.3, 0.4) is 0 Å². The van der Waals surface area contributed by atoms with Crippen LogP contribution >= 0.6 is 0 Å². The molecule has 8 nitrogen and oxygen atoms in total. The molecule has 0 aliphatic carbocycles. The molecule has 9 heteroatoms. The van der Waals surface area contributed by atoms with Gasteiger partial charge in [0.05, 0.1) is 41.8 Å². The molecule has 5 aromatic rings. The molecule has 6 rings (SSSR count). The van der Waals surface area contributed by atoms with E-state index in [9.17, 15) is 4.39 Å². The number of halogens is 1. The Morgan fingerprint density at radius 2 is 1.85 bits per heavy atom. The van der Waals surface area contributed by atoms with Crippen molar-refractivity contribution >= 4 is 28.1 Å². The minimum Gasteiger partial charge on any atom is -0.497 e. The van der Waals surface area contributed by atoms with Gasteiger partial charge in [0.15, 0.2) is 0 Å². The Morgan fingerprint density at radius 1 is 0.974 bits per heavy atom. The lowest BCUT2D eigenvalue weighted by molar-refractivity contribution is 0.411. The molecule has 39 heavy (non-hydrogen) atoms. The van der Waals surface area contributed by atoms with Crippen LogP contribution in [0.25, 0.3) is 33.4 Å². The van der Waals surface area contributed by atoms with Crippen LogP contribution in [0.15, 0.2) is 72.2 Å². The maximum atomic E-state index is 14.3. The molecule has 3 N–H and O–H groups in total. The molecule has 0 saturated carbocycles. The zero-order chi connectivity index (χ0) is 27.1. The number of hydrogen-bond donors (Lipinski definition) is 3. The van der Waals surface area contributed by atoms with Crippen LogP contribution in [0.5, 0.6) is 5.75 Å². The van der Waals surface area contributed by atoms with E-state index < -0.39 is 0 Å². The summed E-state index contributed by atoms with van der Waals surface area (Å²) in [7, 11) is 1.53. The zero-order valence-corrected chi connectivity index (χ0v) is 22.1. The molecule has 4 aromatic heterocycles. The average molecular weight is 522 g/mol. The molecular formula is C30H28FN7O. The Balaban J connectivity index is 1.44. The number of aliphatic imine (C=N–C) groups is 1. The first-order valence-electron chi connectivity index (χ1n) is 12.8. The van der Waals surface area contributed by atoms with E-state index in [1.54, 1.807) is 12.4 Å². The summed E-state index contributed by atoms with van der Waals surface area (Å²) in [5, 5.41) is 7.66. The largest absolute Gasteiger partial charge is 0.497 e. The maximum absolute atomic E-state index is 14.3. The molecule has 196 valence electrons. The third-order valence-electron chi connectivity index (χ3n) is 6.54. The van der Waals surface area contributed by atoms with Gasteiger partial charge in [0.2, 0.25) is 0 Å². The fourth-order valence-electron chi connectivity index (χ4n) is 4.89. The average Bonchev–Trinajstić information content (AvgIpc) is 3.36. The van der Waals surface area contributed by atoms with Crippen LogP contribution in [-0.4, -0.2) is 45.0 Å². The molecule has 1 aliphatic heterocycles. The summed E-state index contributed by atoms with van der Waals surface area (Å²) < 4.78 is 19.6.